The third-order valence-electron chi connectivity index (χ3n) is 5.12. The van der Waals surface area contributed by atoms with E-state index >= 15 is 0 Å². The summed E-state index contributed by atoms with van der Waals surface area (Å²) in [6.07, 6.45) is 5.03. The zero-order chi connectivity index (χ0) is 25.6. The van der Waals surface area contributed by atoms with E-state index in [0.29, 0.717) is 12.6 Å². The van der Waals surface area contributed by atoms with Gasteiger partial charge in [0.2, 0.25) is 11.9 Å². The van der Waals surface area contributed by atoms with Gasteiger partial charge in [0, 0.05) is 0 Å². The van der Waals surface area contributed by atoms with Gasteiger partial charge >= 0.3 is 6.09 Å². The first-order valence-corrected chi connectivity index (χ1v) is 12.0. The third-order valence-corrected chi connectivity index (χ3v) is 5.34. The summed E-state index contributed by atoms with van der Waals surface area (Å²) in [6, 6.07) is 13.6. The van der Waals surface area contributed by atoms with E-state index in [9.17, 15) is 9.59 Å². The Kier molecular flexibility index (Phi) is 11.8. The minimum Gasteiger partial charge on any atom is -0.453 e. The number of halogens is 1. The molecule has 0 bridgehead atoms. The standard InChI is InChI=1S/C17H24ClNO2.C9H9N3O2/c1-4-7-11-21-13-19(16(20)12-18)17-14(5-2)9-8-10-15(17)6-3;1-14-9(13)12-8-10-6-4-2-3-5-7(6)11-8/h4,7-10H,5-6,11-13H2,1-3H3;2-5H,1H3,(H2,10,11,12,13)/b7-4-;. The number of hydrogen-bond donors (Lipinski definition) is 2. The van der Waals surface area contributed by atoms with Crippen molar-refractivity contribution in [2.45, 2.75) is 33.6 Å². The Morgan fingerprint density at radius 3 is 2.37 bits per heavy atom. The number of ether oxygens (including phenoxy) is 2. The second kappa shape index (κ2) is 14.8. The number of anilines is 2. The molecule has 3 aromatic rings. The summed E-state index contributed by atoms with van der Waals surface area (Å²) in [5.74, 6) is 0.208. The average molecular weight is 501 g/mol. The molecular formula is C26H33ClN4O4. The summed E-state index contributed by atoms with van der Waals surface area (Å²) in [7, 11) is 1.30. The number of aryl methyl sites for hydroxylation is 2. The fourth-order valence-electron chi connectivity index (χ4n) is 3.36. The van der Waals surface area contributed by atoms with E-state index in [1.165, 1.54) is 7.11 Å². The van der Waals surface area contributed by atoms with Gasteiger partial charge < -0.3 is 14.5 Å². The van der Waals surface area contributed by atoms with Gasteiger partial charge in [-0.15, -0.1) is 11.6 Å². The van der Waals surface area contributed by atoms with Gasteiger partial charge in [0.1, 0.15) is 12.6 Å². The van der Waals surface area contributed by atoms with Crippen molar-refractivity contribution in [2.75, 3.05) is 36.5 Å². The third kappa shape index (κ3) is 8.12. The smallest absolute Gasteiger partial charge is 0.413 e. The van der Waals surface area contributed by atoms with Crippen molar-refractivity contribution < 1.29 is 19.1 Å². The minimum atomic E-state index is -0.538. The van der Waals surface area contributed by atoms with Crippen LogP contribution < -0.4 is 10.2 Å². The van der Waals surface area contributed by atoms with Crippen molar-refractivity contribution in [1.29, 1.82) is 0 Å². The zero-order valence-electron chi connectivity index (χ0n) is 20.6. The molecule has 0 saturated carbocycles. The molecule has 0 spiro atoms. The minimum absolute atomic E-state index is 0.0474. The number of nitrogens with zero attached hydrogens (tertiary/aromatic N) is 2. The van der Waals surface area contributed by atoms with Crippen molar-refractivity contribution in [3.8, 4) is 0 Å². The van der Waals surface area contributed by atoms with E-state index in [2.05, 4.69) is 46.0 Å². The molecule has 35 heavy (non-hydrogen) atoms. The summed E-state index contributed by atoms with van der Waals surface area (Å²) in [5, 5.41) is 2.45. The number of rotatable bonds is 9. The normalized spacial score (nSPS) is 10.7. The van der Waals surface area contributed by atoms with Crippen LogP contribution in [0.25, 0.3) is 11.0 Å². The molecule has 9 heteroatoms. The van der Waals surface area contributed by atoms with Crippen LogP contribution in [0.15, 0.2) is 54.6 Å². The molecule has 2 aromatic carbocycles. The van der Waals surface area contributed by atoms with Gasteiger partial charge in [-0.3, -0.25) is 15.0 Å². The number of fused-ring (bicyclic) bond motifs is 1. The van der Waals surface area contributed by atoms with Crippen LogP contribution in [0.5, 0.6) is 0 Å². The largest absolute Gasteiger partial charge is 0.453 e. The quantitative estimate of drug-likeness (QED) is 0.171. The molecule has 0 saturated heterocycles. The Morgan fingerprint density at radius 1 is 1.11 bits per heavy atom. The Morgan fingerprint density at radius 2 is 1.80 bits per heavy atom. The highest BCUT2D eigenvalue weighted by molar-refractivity contribution is 6.29. The number of methoxy groups -OCH3 is 1. The fraction of sp³-hybridized carbons (Fsp3) is 0.346. The molecule has 0 atom stereocenters. The van der Waals surface area contributed by atoms with Crippen molar-refractivity contribution in [3.05, 3.63) is 65.7 Å². The summed E-state index contributed by atoms with van der Waals surface area (Å²) >= 11 is 5.77. The van der Waals surface area contributed by atoms with Gasteiger partial charge in [0.05, 0.1) is 30.4 Å². The first-order valence-electron chi connectivity index (χ1n) is 11.4. The van der Waals surface area contributed by atoms with Crippen LogP contribution in [0.4, 0.5) is 16.4 Å². The van der Waals surface area contributed by atoms with Crippen LogP contribution in [0, 0.1) is 0 Å². The molecule has 0 unspecified atom stereocenters. The number of hydrogen-bond acceptors (Lipinski definition) is 5. The molecule has 3 rings (SSSR count). The van der Waals surface area contributed by atoms with Crippen LogP contribution >= 0.6 is 11.6 Å². The number of benzene rings is 2. The molecule has 2 amide bonds. The summed E-state index contributed by atoms with van der Waals surface area (Å²) in [4.78, 5) is 31.8. The van der Waals surface area contributed by atoms with E-state index in [1.807, 2.05) is 49.4 Å². The lowest BCUT2D eigenvalue weighted by atomic mass is 10.0. The number of carbonyl (C=O) groups excluding carboxylic acids is 2. The van der Waals surface area contributed by atoms with Crippen molar-refractivity contribution in [2.24, 2.45) is 0 Å². The maximum Gasteiger partial charge on any atom is 0.413 e. The number of alkyl halides is 1. The lowest BCUT2D eigenvalue weighted by Crippen LogP contribution is -2.35. The number of allylic oxidation sites excluding steroid dienone is 1. The highest BCUT2D eigenvalue weighted by atomic mass is 35.5. The summed E-state index contributed by atoms with van der Waals surface area (Å²) < 4.78 is 10.0. The van der Waals surface area contributed by atoms with Crippen molar-refractivity contribution in [1.82, 2.24) is 9.97 Å². The molecule has 0 aliphatic carbocycles. The molecule has 0 radical (unpaired) electrons. The first-order chi connectivity index (χ1) is 17.0. The molecule has 0 aliphatic heterocycles. The lowest BCUT2D eigenvalue weighted by molar-refractivity contribution is -0.117. The van der Waals surface area contributed by atoms with Crippen LogP contribution in [0.2, 0.25) is 0 Å². The number of para-hydroxylation sites is 3. The topological polar surface area (TPSA) is 96.5 Å². The van der Waals surface area contributed by atoms with Crippen LogP contribution in [0.1, 0.15) is 31.9 Å². The summed E-state index contributed by atoms with van der Waals surface area (Å²) in [5.41, 5.74) is 4.91. The molecule has 188 valence electrons. The van der Waals surface area contributed by atoms with E-state index in [4.69, 9.17) is 16.3 Å². The molecule has 2 N–H and O–H groups in total. The van der Waals surface area contributed by atoms with E-state index in [1.54, 1.807) is 4.90 Å². The van der Waals surface area contributed by atoms with Crippen LogP contribution in [-0.4, -0.2) is 48.3 Å². The van der Waals surface area contributed by atoms with E-state index in [-0.39, 0.29) is 18.5 Å². The highest BCUT2D eigenvalue weighted by Crippen LogP contribution is 2.27. The Hall–Kier alpha value is -3.36. The lowest BCUT2D eigenvalue weighted by Gasteiger charge is -2.26. The number of aromatic amines is 1. The predicted octanol–water partition coefficient (Wildman–Crippen LogP) is 5.67. The predicted molar refractivity (Wildman–Crippen MR) is 141 cm³/mol. The fourth-order valence-corrected chi connectivity index (χ4v) is 3.51. The molecule has 1 aromatic heterocycles. The first kappa shape index (κ1) is 27.9. The van der Waals surface area contributed by atoms with Gasteiger partial charge in [0.15, 0.2) is 0 Å². The zero-order valence-corrected chi connectivity index (χ0v) is 21.4. The highest BCUT2D eigenvalue weighted by Gasteiger charge is 2.20. The number of aromatic nitrogens is 2. The van der Waals surface area contributed by atoms with Gasteiger partial charge in [-0.1, -0.05) is 56.3 Å². The molecule has 8 nitrogen and oxygen atoms in total. The SMILES string of the molecule is C/C=C\COCN(C(=O)CCl)c1c(CC)cccc1CC.COC(=O)Nc1nc2ccccc2[nH]1. The van der Waals surface area contributed by atoms with Crippen LogP contribution in [0.3, 0.4) is 0 Å². The van der Waals surface area contributed by atoms with Gasteiger partial charge in [0.25, 0.3) is 0 Å². The van der Waals surface area contributed by atoms with Crippen molar-refractivity contribution in [3.63, 3.8) is 0 Å². The van der Waals surface area contributed by atoms with E-state index < -0.39 is 6.09 Å². The number of nitrogens with one attached hydrogen (secondary N) is 2. The summed E-state index contributed by atoms with van der Waals surface area (Å²) in [6.45, 7) is 6.81. The van der Waals surface area contributed by atoms with Gasteiger partial charge in [-0.2, -0.15) is 0 Å². The van der Waals surface area contributed by atoms with Crippen LogP contribution in [-0.2, 0) is 27.1 Å². The number of imidazole rings is 1. The molecular weight excluding hydrogens is 468 g/mol. The number of carbonyl (C=O) groups is 2. The Balaban J connectivity index is 0.000000266. The maximum absolute atomic E-state index is 12.2. The Labute approximate surface area is 211 Å². The van der Waals surface area contributed by atoms with Gasteiger partial charge in [-0.05, 0) is 43.0 Å². The second-order valence-electron chi connectivity index (χ2n) is 7.38. The average Bonchev–Trinajstić information content (AvgIpc) is 3.30. The number of amides is 2. The van der Waals surface area contributed by atoms with Crippen molar-refractivity contribution >= 4 is 46.3 Å². The monoisotopic (exact) mass is 500 g/mol. The Bertz CT molecular complexity index is 1070. The number of H-pyrrole nitrogens is 1. The molecule has 1 heterocycles. The van der Waals surface area contributed by atoms with Gasteiger partial charge in [-0.25, -0.2) is 9.78 Å². The maximum atomic E-state index is 12.2. The molecule has 0 fully saturated rings. The molecule has 0 aliphatic rings. The van der Waals surface area contributed by atoms with E-state index in [0.717, 1.165) is 40.7 Å². The second-order valence-corrected chi connectivity index (χ2v) is 7.64.